The lowest BCUT2D eigenvalue weighted by molar-refractivity contribution is -0.130. The van der Waals surface area contributed by atoms with E-state index in [1.54, 1.807) is 25.1 Å². The quantitative estimate of drug-likeness (QED) is 0.186. The van der Waals surface area contributed by atoms with E-state index in [1.807, 2.05) is 66.7 Å². The van der Waals surface area contributed by atoms with E-state index < -0.39 is 5.97 Å². The SMILES string of the molecule is C=C(C)C(=O)Oc1cccc(Nc2nc(Nc3ccccc3)nc(Nc3ccccc3)n2)c1. The van der Waals surface area contributed by atoms with Gasteiger partial charge in [-0.2, -0.15) is 15.0 Å². The highest BCUT2D eigenvalue weighted by molar-refractivity contribution is 5.88. The van der Waals surface area contributed by atoms with Crippen molar-refractivity contribution in [1.29, 1.82) is 0 Å². The first kappa shape index (κ1) is 21.5. The summed E-state index contributed by atoms with van der Waals surface area (Å²) >= 11 is 0. The van der Waals surface area contributed by atoms with E-state index >= 15 is 0 Å². The molecule has 0 fully saturated rings. The summed E-state index contributed by atoms with van der Waals surface area (Å²) < 4.78 is 5.30. The fourth-order valence-electron chi connectivity index (χ4n) is 2.81. The Labute approximate surface area is 191 Å². The molecule has 0 aliphatic heterocycles. The molecule has 0 aliphatic carbocycles. The number of hydrogen-bond donors (Lipinski definition) is 3. The molecule has 4 aromatic rings. The standard InChI is InChI=1S/C25H22N6O2/c1-17(2)22(32)33-21-15-9-14-20(16-21)28-25-30-23(26-18-10-5-3-6-11-18)29-24(31-25)27-19-12-7-4-8-13-19/h3-16H,1H2,2H3,(H3,26,27,28,29,30,31). The second-order valence-corrected chi connectivity index (χ2v) is 7.11. The Morgan fingerprint density at radius 1 is 0.697 bits per heavy atom. The number of aromatic nitrogens is 3. The first-order valence-electron chi connectivity index (χ1n) is 10.2. The number of benzene rings is 3. The van der Waals surface area contributed by atoms with Gasteiger partial charge in [-0.15, -0.1) is 0 Å². The minimum Gasteiger partial charge on any atom is -0.423 e. The molecule has 0 bridgehead atoms. The molecular weight excluding hydrogens is 416 g/mol. The molecule has 0 aliphatic rings. The predicted octanol–water partition coefficient (Wildman–Crippen LogP) is 5.58. The number of carbonyl (C=O) groups excluding carboxylic acids is 1. The Balaban J connectivity index is 1.61. The fraction of sp³-hybridized carbons (Fsp3) is 0.0400. The van der Waals surface area contributed by atoms with Crippen LogP contribution in [0.3, 0.4) is 0 Å². The monoisotopic (exact) mass is 438 g/mol. The third kappa shape index (κ3) is 6.14. The molecule has 0 radical (unpaired) electrons. The van der Waals surface area contributed by atoms with Crippen molar-refractivity contribution in [2.75, 3.05) is 16.0 Å². The van der Waals surface area contributed by atoms with Crippen LogP contribution in [0.2, 0.25) is 0 Å². The van der Waals surface area contributed by atoms with Gasteiger partial charge in [-0.05, 0) is 43.3 Å². The zero-order valence-corrected chi connectivity index (χ0v) is 17.9. The van der Waals surface area contributed by atoms with Gasteiger partial charge in [-0.25, -0.2) is 4.79 Å². The maximum atomic E-state index is 11.8. The maximum Gasteiger partial charge on any atom is 0.338 e. The van der Waals surface area contributed by atoms with E-state index in [9.17, 15) is 4.79 Å². The number of esters is 1. The van der Waals surface area contributed by atoms with Crippen molar-refractivity contribution in [2.24, 2.45) is 0 Å². The van der Waals surface area contributed by atoms with Gasteiger partial charge in [0, 0.05) is 28.7 Å². The fourth-order valence-corrected chi connectivity index (χ4v) is 2.81. The van der Waals surface area contributed by atoms with Crippen LogP contribution in [-0.4, -0.2) is 20.9 Å². The summed E-state index contributed by atoms with van der Waals surface area (Å²) in [6.07, 6.45) is 0. The summed E-state index contributed by atoms with van der Waals surface area (Å²) in [6.45, 7) is 5.19. The summed E-state index contributed by atoms with van der Waals surface area (Å²) in [5.74, 6) is 0.928. The Hall–Kier alpha value is -4.72. The topological polar surface area (TPSA) is 101 Å². The first-order chi connectivity index (χ1) is 16.0. The number of hydrogen-bond acceptors (Lipinski definition) is 8. The van der Waals surface area contributed by atoms with Gasteiger partial charge < -0.3 is 20.7 Å². The average molecular weight is 438 g/mol. The molecule has 3 N–H and O–H groups in total. The van der Waals surface area contributed by atoms with Crippen molar-refractivity contribution in [3.05, 3.63) is 97.1 Å². The van der Waals surface area contributed by atoms with E-state index in [2.05, 4.69) is 37.5 Å². The lowest BCUT2D eigenvalue weighted by Crippen LogP contribution is -2.09. The number of nitrogens with zero attached hydrogens (tertiary/aromatic N) is 3. The van der Waals surface area contributed by atoms with Crippen molar-refractivity contribution in [3.8, 4) is 5.75 Å². The van der Waals surface area contributed by atoms with Gasteiger partial charge in [0.05, 0.1) is 0 Å². The highest BCUT2D eigenvalue weighted by atomic mass is 16.5. The molecule has 0 atom stereocenters. The second-order valence-electron chi connectivity index (χ2n) is 7.11. The normalized spacial score (nSPS) is 10.2. The molecule has 33 heavy (non-hydrogen) atoms. The molecule has 1 aromatic heterocycles. The van der Waals surface area contributed by atoms with Crippen molar-refractivity contribution >= 4 is 40.9 Å². The molecule has 0 spiro atoms. The highest BCUT2D eigenvalue weighted by Gasteiger charge is 2.10. The molecule has 164 valence electrons. The molecule has 0 saturated carbocycles. The predicted molar refractivity (Wildman–Crippen MR) is 129 cm³/mol. The molecule has 3 aromatic carbocycles. The lowest BCUT2D eigenvalue weighted by atomic mass is 10.3. The Morgan fingerprint density at radius 2 is 1.15 bits per heavy atom. The van der Waals surface area contributed by atoms with Crippen LogP contribution in [0.5, 0.6) is 5.75 Å². The van der Waals surface area contributed by atoms with Gasteiger partial charge in [-0.3, -0.25) is 0 Å². The van der Waals surface area contributed by atoms with Gasteiger partial charge in [0.1, 0.15) is 5.75 Å². The number of rotatable bonds is 8. The number of para-hydroxylation sites is 2. The smallest absolute Gasteiger partial charge is 0.338 e. The van der Waals surface area contributed by atoms with Gasteiger partial charge in [-0.1, -0.05) is 49.0 Å². The largest absolute Gasteiger partial charge is 0.423 e. The zero-order chi connectivity index (χ0) is 23.0. The molecule has 0 saturated heterocycles. The summed E-state index contributed by atoms with van der Waals surface area (Å²) in [6, 6.07) is 26.2. The van der Waals surface area contributed by atoms with E-state index in [0.29, 0.717) is 34.9 Å². The van der Waals surface area contributed by atoms with Gasteiger partial charge in [0.25, 0.3) is 0 Å². The third-order valence-electron chi connectivity index (χ3n) is 4.34. The molecule has 4 rings (SSSR count). The molecule has 1 heterocycles. The van der Waals surface area contributed by atoms with Crippen LogP contribution in [0.25, 0.3) is 0 Å². The van der Waals surface area contributed by atoms with E-state index in [-0.39, 0.29) is 0 Å². The number of anilines is 6. The molecule has 0 amide bonds. The van der Waals surface area contributed by atoms with Crippen LogP contribution in [0.15, 0.2) is 97.1 Å². The van der Waals surface area contributed by atoms with E-state index in [1.165, 1.54) is 0 Å². The molecule has 8 nitrogen and oxygen atoms in total. The maximum absolute atomic E-state index is 11.8. The Kier molecular flexibility index (Phi) is 6.56. The van der Waals surface area contributed by atoms with E-state index in [0.717, 1.165) is 11.4 Å². The number of nitrogens with one attached hydrogen (secondary N) is 3. The number of ether oxygens (including phenoxy) is 1. The summed E-state index contributed by atoms with van der Waals surface area (Å²) in [4.78, 5) is 25.3. The van der Waals surface area contributed by atoms with Gasteiger partial charge in [0.2, 0.25) is 17.8 Å². The first-order valence-corrected chi connectivity index (χ1v) is 10.2. The molecular formula is C25H22N6O2. The van der Waals surface area contributed by atoms with Crippen molar-refractivity contribution in [1.82, 2.24) is 15.0 Å². The van der Waals surface area contributed by atoms with Crippen LogP contribution in [-0.2, 0) is 4.79 Å². The van der Waals surface area contributed by atoms with Crippen molar-refractivity contribution < 1.29 is 9.53 Å². The summed E-state index contributed by atoms with van der Waals surface area (Å²) in [7, 11) is 0. The van der Waals surface area contributed by atoms with Crippen LogP contribution >= 0.6 is 0 Å². The summed E-state index contributed by atoms with van der Waals surface area (Å²) in [5, 5.41) is 9.51. The highest BCUT2D eigenvalue weighted by Crippen LogP contribution is 2.23. The minimum absolute atomic E-state index is 0.310. The van der Waals surface area contributed by atoms with Crippen LogP contribution in [0.4, 0.5) is 34.9 Å². The number of carbonyl (C=O) groups is 1. The van der Waals surface area contributed by atoms with Gasteiger partial charge >= 0.3 is 5.97 Å². The van der Waals surface area contributed by atoms with E-state index in [4.69, 9.17) is 4.74 Å². The third-order valence-corrected chi connectivity index (χ3v) is 4.34. The summed E-state index contributed by atoms with van der Waals surface area (Å²) in [5.41, 5.74) is 2.65. The van der Waals surface area contributed by atoms with Crippen LogP contribution in [0, 0.1) is 0 Å². The lowest BCUT2D eigenvalue weighted by Gasteiger charge is -2.12. The second kappa shape index (κ2) is 10.1. The van der Waals surface area contributed by atoms with Crippen LogP contribution < -0.4 is 20.7 Å². The average Bonchev–Trinajstić information content (AvgIpc) is 2.80. The van der Waals surface area contributed by atoms with Crippen molar-refractivity contribution in [3.63, 3.8) is 0 Å². The van der Waals surface area contributed by atoms with Crippen molar-refractivity contribution in [2.45, 2.75) is 6.92 Å². The molecule has 8 heteroatoms. The van der Waals surface area contributed by atoms with Crippen LogP contribution in [0.1, 0.15) is 6.92 Å². The Morgan fingerprint density at radius 3 is 1.64 bits per heavy atom. The minimum atomic E-state index is -0.490. The van der Waals surface area contributed by atoms with Gasteiger partial charge in [0.15, 0.2) is 0 Å². The molecule has 0 unspecified atom stereocenters. The Bertz CT molecular complexity index is 1200. The zero-order valence-electron chi connectivity index (χ0n) is 17.9.